The summed E-state index contributed by atoms with van der Waals surface area (Å²) in [5.41, 5.74) is 1.76. The van der Waals surface area contributed by atoms with Gasteiger partial charge in [-0.2, -0.15) is 0 Å². The SMILES string of the molecule is CCOc1ccc(NS(=O)(=O)c2cc(NC(=O)COc3cccc(CC)c3)ccc2OC)cc1. The summed E-state index contributed by atoms with van der Waals surface area (Å²) in [5, 5.41) is 2.66. The van der Waals surface area contributed by atoms with Crippen molar-refractivity contribution >= 4 is 27.3 Å². The molecule has 0 spiro atoms. The number of nitrogens with one attached hydrogen (secondary N) is 2. The first-order valence-corrected chi connectivity index (χ1v) is 12.3. The zero-order valence-corrected chi connectivity index (χ0v) is 20.1. The summed E-state index contributed by atoms with van der Waals surface area (Å²) in [5.74, 6) is 0.947. The van der Waals surface area contributed by atoms with E-state index in [2.05, 4.69) is 10.0 Å². The van der Waals surface area contributed by atoms with Crippen LogP contribution in [-0.2, 0) is 21.2 Å². The number of ether oxygens (including phenoxy) is 3. The minimum atomic E-state index is -4.00. The lowest BCUT2D eigenvalue weighted by Gasteiger charge is -2.14. The van der Waals surface area contributed by atoms with Gasteiger partial charge in [0.05, 0.1) is 13.7 Å². The zero-order chi connectivity index (χ0) is 24.6. The first-order valence-electron chi connectivity index (χ1n) is 10.8. The van der Waals surface area contributed by atoms with Crippen LogP contribution in [0.2, 0.25) is 0 Å². The normalized spacial score (nSPS) is 10.9. The minimum absolute atomic E-state index is 0.113. The molecule has 0 bridgehead atoms. The van der Waals surface area contributed by atoms with Gasteiger partial charge in [-0.1, -0.05) is 19.1 Å². The Labute approximate surface area is 199 Å². The van der Waals surface area contributed by atoms with Crippen LogP contribution in [0.4, 0.5) is 11.4 Å². The first-order chi connectivity index (χ1) is 16.3. The fraction of sp³-hybridized carbons (Fsp3) is 0.240. The maximum Gasteiger partial charge on any atom is 0.265 e. The Morgan fingerprint density at radius 2 is 1.62 bits per heavy atom. The Kier molecular flexibility index (Phi) is 8.37. The average Bonchev–Trinajstić information content (AvgIpc) is 2.84. The lowest BCUT2D eigenvalue weighted by Crippen LogP contribution is -2.21. The second-order valence-corrected chi connectivity index (χ2v) is 8.92. The number of carbonyl (C=O) groups excluding carboxylic acids is 1. The van der Waals surface area contributed by atoms with Crippen LogP contribution in [0.3, 0.4) is 0 Å². The van der Waals surface area contributed by atoms with E-state index in [1.165, 1.54) is 19.2 Å². The molecule has 0 aliphatic rings. The molecule has 2 N–H and O–H groups in total. The summed E-state index contributed by atoms with van der Waals surface area (Å²) in [4.78, 5) is 12.3. The second kappa shape index (κ2) is 11.4. The largest absolute Gasteiger partial charge is 0.495 e. The summed E-state index contributed by atoms with van der Waals surface area (Å²) in [6.45, 7) is 4.19. The molecule has 1 amide bonds. The highest BCUT2D eigenvalue weighted by Gasteiger charge is 2.21. The molecule has 0 saturated heterocycles. The van der Waals surface area contributed by atoms with E-state index in [9.17, 15) is 13.2 Å². The Bertz CT molecular complexity index is 1230. The minimum Gasteiger partial charge on any atom is -0.495 e. The van der Waals surface area contributed by atoms with Gasteiger partial charge in [0.2, 0.25) is 0 Å². The van der Waals surface area contributed by atoms with E-state index < -0.39 is 15.9 Å². The molecule has 8 nitrogen and oxygen atoms in total. The number of hydrogen-bond donors (Lipinski definition) is 2. The molecule has 3 aromatic carbocycles. The Morgan fingerprint density at radius 1 is 0.882 bits per heavy atom. The van der Waals surface area contributed by atoms with Crippen molar-refractivity contribution in [1.29, 1.82) is 0 Å². The highest BCUT2D eigenvalue weighted by molar-refractivity contribution is 7.92. The lowest BCUT2D eigenvalue weighted by atomic mass is 10.2. The van der Waals surface area contributed by atoms with Gasteiger partial charge in [0, 0.05) is 11.4 Å². The fourth-order valence-electron chi connectivity index (χ4n) is 3.16. The van der Waals surface area contributed by atoms with Crippen LogP contribution in [0.5, 0.6) is 17.2 Å². The topological polar surface area (TPSA) is 103 Å². The van der Waals surface area contributed by atoms with E-state index in [0.29, 0.717) is 29.5 Å². The van der Waals surface area contributed by atoms with Gasteiger partial charge in [0.1, 0.15) is 22.1 Å². The monoisotopic (exact) mass is 484 g/mol. The Hall–Kier alpha value is -3.72. The predicted molar refractivity (Wildman–Crippen MR) is 131 cm³/mol. The number of anilines is 2. The van der Waals surface area contributed by atoms with Crippen LogP contribution >= 0.6 is 0 Å². The molecule has 34 heavy (non-hydrogen) atoms. The lowest BCUT2D eigenvalue weighted by molar-refractivity contribution is -0.118. The van der Waals surface area contributed by atoms with Gasteiger partial charge in [-0.25, -0.2) is 8.42 Å². The summed E-state index contributed by atoms with van der Waals surface area (Å²) >= 11 is 0. The standard InChI is InChI=1S/C25H28N2O6S/c1-4-18-7-6-8-22(15-18)33-17-25(28)26-20-11-14-23(31-3)24(16-20)34(29,30)27-19-9-12-21(13-10-19)32-5-2/h6-16,27H,4-5,17H2,1-3H3,(H,26,28). The number of amides is 1. The van der Waals surface area contributed by atoms with Crippen LogP contribution < -0.4 is 24.2 Å². The predicted octanol–water partition coefficient (Wildman–Crippen LogP) is 4.47. The molecule has 0 unspecified atom stereocenters. The molecular formula is C25H28N2O6S. The van der Waals surface area contributed by atoms with Crippen molar-refractivity contribution in [3.63, 3.8) is 0 Å². The molecule has 0 aromatic heterocycles. The van der Waals surface area contributed by atoms with E-state index in [4.69, 9.17) is 14.2 Å². The number of aryl methyl sites for hydroxylation is 1. The number of benzene rings is 3. The van der Waals surface area contributed by atoms with Crippen molar-refractivity contribution in [2.45, 2.75) is 25.2 Å². The smallest absolute Gasteiger partial charge is 0.265 e. The van der Waals surface area contributed by atoms with Gasteiger partial charge in [-0.05, 0) is 73.5 Å². The molecule has 3 aromatic rings. The molecule has 0 atom stereocenters. The molecule has 9 heteroatoms. The van der Waals surface area contributed by atoms with Crippen molar-refractivity contribution in [2.75, 3.05) is 30.4 Å². The third-order valence-electron chi connectivity index (χ3n) is 4.83. The summed E-state index contributed by atoms with van der Waals surface area (Å²) in [6.07, 6.45) is 0.858. The number of hydrogen-bond acceptors (Lipinski definition) is 6. The number of methoxy groups -OCH3 is 1. The van der Waals surface area contributed by atoms with Gasteiger partial charge in [-0.3, -0.25) is 9.52 Å². The molecule has 0 saturated carbocycles. The summed E-state index contributed by atoms with van der Waals surface area (Å²) in [7, 11) is -2.62. The van der Waals surface area contributed by atoms with Crippen LogP contribution in [0.15, 0.2) is 71.6 Å². The third kappa shape index (κ3) is 6.64. The maximum atomic E-state index is 13.0. The average molecular weight is 485 g/mol. The number of rotatable bonds is 11. The first kappa shape index (κ1) is 24.9. The van der Waals surface area contributed by atoms with Crippen molar-refractivity contribution in [1.82, 2.24) is 0 Å². The fourth-order valence-corrected chi connectivity index (χ4v) is 4.42. The summed E-state index contributed by atoms with van der Waals surface area (Å²) < 4.78 is 44.8. The number of carbonyl (C=O) groups is 1. The molecule has 180 valence electrons. The van der Waals surface area contributed by atoms with Gasteiger partial charge in [0.15, 0.2) is 6.61 Å². The molecule has 0 fully saturated rings. The van der Waals surface area contributed by atoms with Gasteiger partial charge < -0.3 is 19.5 Å². The molecule has 0 radical (unpaired) electrons. The van der Waals surface area contributed by atoms with Crippen molar-refractivity contribution in [3.8, 4) is 17.2 Å². The van der Waals surface area contributed by atoms with Crippen molar-refractivity contribution in [2.24, 2.45) is 0 Å². The Morgan fingerprint density at radius 3 is 2.29 bits per heavy atom. The van der Waals surface area contributed by atoms with Crippen LogP contribution in [-0.4, -0.2) is 34.6 Å². The highest BCUT2D eigenvalue weighted by atomic mass is 32.2. The molecule has 0 aliphatic carbocycles. The zero-order valence-electron chi connectivity index (χ0n) is 19.3. The quantitative estimate of drug-likeness (QED) is 0.416. The van der Waals surface area contributed by atoms with E-state index in [0.717, 1.165) is 12.0 Å². The van der Waals surface area contributed by atoms with E-state index in [1.807, 2.05) is 32.0 Å². The molecule has 3 rings (SSSR count). The molecular weight excluding hydrogens is 456 g/mol. The number of sulfonamides is 1. The van der Waals surface area contributed by atoms with E-state index in [1.54, 1.807) is 36.4 Å². The van der Waals surface area contributed by atoms with Gasteiger partial charge in [0.25, 0.3) is 15.9 Å². The third-order valence-corrected chi connectivity index (χ3v) is 6.23. The van der Waals surface area contributed by atoms with E-state index >= 15 is 0 Å². The van der Waals surface area contributed by atoms with Crippen molar-refractivity contribution in [3.05, 3.63) is 72.3 Å². The van der Waals surface area contributed by atoms with E-state index in [-0.39, 0.29) is 17.3 Å². The molecule has 0 aliphatic heterocycles. The highest BCUT2D eigenvalue weighted by Crippen LogP contribution is 2.29. The molecule has 0 heterocycles. The van der Waals surface area contributed by atoms with Crippen molar-refractivity contribution < 1.29 is 27.4 Å². The van der Waals surface area contributed by atoms with Crippen LogP contribution in [0, 0.1) is 0 Å². The second-order valence-electron chi connectivity index (χ2n) is 7.27. The van der Waals surface area contributed by atoms with Gasteiger partial charge in [-0.15, -0.1) is 0 Å². The van der Waals surface area contributed by atoms with Crippen LogP contribution in [0.1, 0.15) is 19.4 Å². The maximum absolute atomic E-state index is 13.0. The summed E-state index contributed by atoms with van der Waals surface area (Å²) in [6, 6.07) is 18.4. The van der Waals surface area contributed by atoms with Gasteiger partial charge >= 0.3 is 0 Å². The van der Waals surface area contributed by atoms with Crippen LogP contribution in [0.25, 0.3) is 0 Å². The Balaban J connectivity index is 1.72.